The lowest BCUT2D eigenvalue weighted by atomic mass is 10.2. The number of aromatic nitrogens is 2. The zero-order valence-electron chi connectivity index (χ0n) is 6.46. The maximum Gasteiger partial charge on any atom is 0.0524 e. The van der Waals surface area contributed by atoms with Crippen molar-refractivity contribution in [3.05, 3.63) is 17.5 Å². The second kappa shape index (κ2) is 2.84. The number of nitrogens with two attached hydrogens (primary N) is 1. The zero-order chi connectivity index (χ0) is 7.56. The Morgan fingerprint density at radius 2 is 2.40 bits per heavy atom. The summed E-state index contributed by atoms with van der Waals surface area (Å²) in [5.74, 6) is 0. The molecule has 1 heterocycles. The molecule has 0 aliphatic rings. The van der Waals surface area contributed by atoms with Crippen LogP contribution in [0.4, 0.5) is 0 Å². The topological polar surface area (TPSA) is 43.8 Å². The van der Waals surface area contributed by atoms with Crippen molar-refractivity contribution >= 4 is 0 Å². The van der Waals surface area contributed by atoms with E-state index in [0.717, 1.165) is 6.42 Å². The van der Waals surface area contributed by atoms with Gasteiger partial charge in [0.2, 0.25) is 0 Å². The maximum absolute atomic E-state index is 5.40. The highest BCUT2D eigenvalue weighted by atomic mass is 15.3. The number of hydrogen-bond acceptors (Lipinski definition) is 2. The molecule has 0 spiro atoms. The van der Waals surface area contributed by atoms with Gasteiger partial charge in [-0.3, -0.25) is 4.68 Å². The molecule has 0 saturated heterocycles. The van der Waals surface area contributed by atoms with Crippen molar-refractivity contribution in [2.75, 3.05) is 6.54 Å². The number of nitrogens with zero attached hydrogens (tertiary/aromatic N) is 2. The van der Waals surface area contributed by atoms with E-state index in [1.807, 2.05) is 17.9 Å². The van der Waals surface area contributed by atoms with Crippen molar-refractivity contribution in [3.8, 4) is 0 Å². The maximum atomic E-state index is 5.40. The van der Waals surface area contributed by atoms with E-state index in [4.69, 9.17) is 5.73 Å². The summed E-state index contributed by atoms with van der Waals surface area (Å²) >= 11 is 0. The van der Waals surface area contributed by atoms with E-state index in [0.29, 0.717) is 6.54 Å². The summed E-state index contributed by atoms with van der Waals surface area (Å²) in [6.07, 6.45) is 2.81. The fourth-order valence-corrected chi connectivity index (χ4v) is 0.945. The molecule has 56 valence electrons. The van der Waals surface area contributed by atoms with Crippen LogP contribution in [0.3, 0.4) is 0 Å². The van der Waals surface area contributed by atoms with Gasteiger partial charge in [0.15, 0.2) is 0 Å². The molecule has 1 aromatic heterocycles. The predicted molar refractivity (Wildman–Crippen MR) is 40.7 cm³/mol. The van der Waals surface area contributed by atoms with Gasteiger partial charge in [0.1, 0.15) is 0 Å². The third-order valence-electron chi connectivity index (χ3n) is 1.75. The molecule has 0 fully saturated rings. The minimum Gasteiger partial charge on any atom is -0.330 e. The van der Waals surface area contributed by atoms with Crippen molar-refractivity contribution < 1.29 is 0 Å². The Morgan fingerprint density at radius 3 is 2.80 bits per heavy atom. The molecule has 0 bridgehead atoms. The number of rotatable bonds is 2. The summed E-state index contributed by atoms with van der Waals surface area (Å²) in [5, 5.41) is 4.10. The van der Waals surface area contributed by atoms with Gasteiger partial charge < -0.3 is 5.73 Å². The molecule has 0 atom stereocenters. The van der Waals surface area contributed by atoms with Crippen molar-refractivity contribution in [1.82, 2.24) is 9.78 Å². The quantitative estimate of drug-likeness (QED) is 0.637. The van der Waals surface area contributed by atoms with Gasteiger partial charge in [0.25, 0.3) is 0 Å². The average molecular weight is 139 g/mol. The highest BCUT2D eigenvalue weighted by molar-refractivity contribution is 5.15. The fraction of sp³-hybridized carbons (Fsp3) is 0.571. The predicted octanol–water partition coefficient (Wildman–Crippen LogP) is 0.230. The van der Waals surface area contributed by atoms with Crippen molar-refractivity contribution in [3.63, 3.8) is 0 Å². The Balaban J connectivity index is 2.83. The Morgan fingerprint density at radius 1 is 1.70 bits per heavy atom. The molecule has 0 aliphatic heterocycles. The Kier molecular flexibility index (Phi) is 2.06. The van der Waals surface area contributed by atoms with Crippen LogP contribution in [-0.4, -0.2) is 16.3 Å². The van der Waals surface area contributed by atoms with E-state index in [1.165, 1.54) is 11.3 Å². The molecule has 0 aromatic carbocycles. The number of aryl methyl sites for hydroxylation is 1. The first-order valence-electron chi connectivity index (χ1n) is 3.43. The van der Waals surface area contributed by atoms with E-state index in [1.54, 1.807) is 0 Å². The van der Waals surface area contributed by atoms with E-state index < -0.39 is 0 Å². The average Bonchev–Trinajstić information content (AvgIpc) is 2.20. The van der Waals surface area contributed by atoms with E-state index in [2.05, 4.69) is 12.0 Å². The van der Waals surface area contributed by atoms with Crippen LogP contribution in [0.1, 0.15) is 11.3 Å². The lowest BCUT2D eigenvalue weighted by Crippen LogP contribution is -2.03. The lowest BCUT2D eigenvalue weighted by molar-refractivity contribution is 0.737. The van der Waals surface area contributed by atoms with Crippen LogP contribution in [-0.2, 0) is 13.5 Å². The van der Waals surface area contributed by atoms with Gasteiger partial charge in [-0.25, -0.2) is 0 Å². The molecule has 1 rings (SSSR count). The van der Waals surface area contributed by atoms with Gasteiger partial charge in [-0.2, -0.15) is 5.10 Å². The summed E-state index contributed by atoms with van der Waals surface area (Å²) in [7, 11) is 1.94. The van der Waals surface area contributed by atoms with Crippen LogP contribution < -0.4 is 5.73 Å². The monoisotopic (exact) mass is 139 g/mol. The largest absolute Gasteiger partial charge is 0.330 e. The molecule has 2 N–H and O–H groups in total. The molecule has 0 amide bonds. The van der Waals surface area contributed by atoms with Gasteiger partial charge in [0.05, 0.1) is 6.20 Å². The Hall–Kier alpha value is -0.830. The van der Waals surface area contributed by atoms with Gasteiger partial charge >= 0.3 is 0 Å². The third kappa shape index (κ3) is 1.19. The summed E-state index contributed by atoms with van der Waals surface area (Å²) in [4.78, 5) is 0. The normalized spacial score (nSPS) is 10.3. The van der Waals surface area contributed by atoms with Gasteiger partial charge in [-0.1, -0.05) is 0 Å². The molecular weight excluding hydrogens is 126 g/mol. The van der Waals surface area contributed by atoms with Gasteiger partial charge in [-0.05, 0) is 25.5 Å². The SMILES string of the molecule is Cc1c(CCN)cnn1C. The third-order valence-corrected chi connectivity index (χ3v) is 1.75. The molecule has 0 aliphatic carbocycles. The lowest BCUT2D eigenvalue weighted by Gasteiger charge is -1.96. The first kappa shape index (κ1) is 7.28. The first-order chi connectivity index (χ1) is 4.75. The summed E-state index contributed by atoms with van der Waals surface area (Å²) in [6.45, 7) is 2.75. The highest BCUT2D eigenvalue weighted by Gasteiger charge is 2.00. The Bertz CT molecular complexity index is 215. The van der Waals surface area contributed by atoms with E-state index >= 15 is 0 Å². The van der Waals surface area contributed by atoms with Gasteiger partial charge in [-0.15, -0.1) is 0 Å². The summed E-state index contributed by atoms with van der Waals surface area (Å²) in [6, 6.07) is 0. The van der Waals surface area contributed by atoms with Gasteiger partial charge in [0, 0.05) is 12.7 Å². The van der Waals surface area contributed by atoms with Crippen LogP contribution >= 0.6 is 0 Å². The second-order valence-electron chi connectivity index (χ2n) is 2.42. The van der Waals surface area contributed by atoms with Crippen LogP contribution in [0.5, 0.6) is 0 Å². The molecule has 0 radical (unpaired) electrons. The standard InChI is InChI=1S/C7H13N3/c1-6-7(3-4-8)5-9-10(6)2/h5H,3-4,8H2,1-2H3. The first-order valence-corrected chi connectivity index (χ1v) is 3.43. The minimum absolute atomic E-state index is 0.701. The Labute approximate surface area is 60.8 Å². The van der Waals surface area contributed by atoms with Crippen LogP contribution in [0.15, 0.2) is 6.20 Å². The molecule has 0 saturated carbocycles. The van der Waals surface area contributed by atoms with Crippen LogP contribution in [0, 0.1) is 6.92 Å². The zero-order valence-corrected chi connectivity index (χ0v) is 6.46. The van der Waals surface area contributed by atoms with E-state index in [9.17, 15) is 0 Å². The van der Waals surface area contributed by atoms with E-state index in [-0.39, 0.29) is 0 Å². The molecule has 3 heteroatoms. The minimum atomic E-state index is 0.701. The van der Waals surface area contributed by atoms with Crippen molar-refractivity contribution in [2.24, 2.45) is 12.8 Å². The molecule has 1 aromatic rings. The molecule has 0 unspecified atom stereocenters. The number of hydrogen-bond donors (Lipinski definition) is 1. The summed E-state index contributed by atoms with van der Waals surface area (Å²) in [5.41, 5.74) is 7.87. The van der Waals surface area contributed by atoms with Crippen LogP contribution in [0.25, 0.3) is 0 Å². The fourth-order valence-electron chi connectivity index (χ4n) is 0.945. The smallest absolute Gasteiger partial charge is 0.0524 e. The second-order valence-corrected chi connectivity index (χ2v) is 2.42. The highest BCUT2D eigenvalue weighted by Crippen LogP contribution is 2.04. The van der Waals surface area contributed by atoms with Crippen molar-refractivity contribution in [2.45, 2.75) is 13.3 Å². The summed E-state index contributed by atoms with van der Waals surface area (Å²) < 4.78 is 1.87. The van der Waals surface area contributed by atoms with Crippen molar-refractivity contribution in [1.29, 1.82) is 0 Å². The van der Waals surface area contributed by atoms with Crippen LogP contribution in [0.2, 0.25) is 0 Å². The molecular formula is C7H13N3. The molecule has 3 nitrogen and oxygen atoms in total. The molecule has 10 heavy (non-hydrogen) atoms.